The molecule has 1 aliphatic rings. The third-order valence-corrected chi connectivity index (χ3v) is 4.57. The fourth-order valence-corrected chi connectivity index (χ4v) is 3.00. The fraction of sp³-hybridized carbons (Fsp3) is 0.500. The number of carbonyl (C=O) groups is 1. The summed E-state index contributed by atoms with van der Waals surface area (Å²) in [6.45, 7) is 2.33. The number of nitrogens with one attached hydrogen (secondary N) is 2. The molecule has 0 aliphatic carbocycles. The van der Waals surface area contributed by atoms with E-state index in [1.54, 1.807) is 12.1 Å². The van der Waals surface area contributed by atoms with Crippen LogP contribution in [0.3, 0.4) is 0 Å². The third-order valence-electron chi connectivity index (χ3n) is 3.66. The third kappa shape index (κ3) is 5.11. The molecule has 1 amide bonds. The number of hydrogen-bond donors (Lipinski definition) is 3. The van der Waals surface area contributed by atoms with Gasteiger partial charge < -0.3 is 10.6 Å². The van der Waals surface area contributed by atoms with Gasteiger partial charge in [0.1, 0.15) is 0 Å². The maximum atomic E-state index is 11.8. The largest absolute Gasteiger partial charge is 0.352 e. The molecule has 1 heterocycles. The Morgan fingerprint density at radius 1 is 1.43 bits per heavy atom. The minimum Gasteiger partial charge on any atom is -0.352 e. The zero-order chi connectivity index (χ0) is 15.3. The van der Waals surface area contributed by atoms with E-state index in [2.05, 4.69) is 10.6 Å². The van der Waals surface area contributed by atoms with E-state index in [1.165, 1.54) is 12.1 Å². The van der Waals surface area contributed by atoms with Gasteiger partial charge in [0.15, 0.2) is 0 Å². The molecule has 2 rings (SSSR count). The Bertz CT molecular complexity index is 595. The van der Waals surface area contributed by atoms with E-state index < -0.39 is 10.0 Å². The predicted octanol–water partition coefficient (Wildman–Crippen LogP) is 0.340. The van der Waals surface area contributed by atoms with Crippen molar-refractivity contribution in [3.63, 3.8) is 0 Å². The molecule has 0 saturated carbocycles. The summed E-state index contributed by atoms with van der Waals surface area (Å²) in [7, 11) is -3.70. The first-order chi connectivity index (χ1) is 9.95. The summed E-state index contributed by atoms with van der Waals surface area (Å²) in [6.07, 6.45) is 2.51. The summed E-state index contributed by atoms with van der Waals surface area (Å²) >= 11 is 0. The SMILES string of the molecule is NS(=O)(=O)c1cccc(CNC(=O)CCC2CCNC2)c1. The van der Waals surface area contributed by atoms with Gasteiger partial charge in [-0.2, -0.15) is 0 Å². The lowest BCUT2D eigenvalue weighted by molar-refractivity contribution is -0.121. The quantitative estimate of drug-likeness (QED) is 0.705. The van der Waals surface area contributed by atoms with E-state index in [0.717, 1.165) is 31.5 Å². The van der Waals surface area contributed by atoms with Gasteiger partial charge in [0.25, 0.3) is 0 Å². The van der Waals surface area contributed by atoms with Crippen LogP contribution in [0.15, 0.2) is 29.2 Å². The van der Waals surface area contributed by atoms with Crippen LogP contribution in [0, 0.1) is 5.92 Å². The van der Waals surface area contributed by atoms with Crippen LogP contribution in [0.5, 0.6) is 0 Å². The van der Waals surface area contributed by atoms with Gasteiger partial charge in [0.05, 0.1) is 4.90 Å². The van der Waals surface area contributed by atoms with Crippen LogP contribution in [0.1, 0.15) is 24.8 Å². The zero-order valence-electron chi connectivity index (χ0n) is 11.8. The molecule has 0 radical (unpaired) electrons. The van der Waals surface area contributed by atoms with Crippen molar-refractivity contribution < 1.29 is 13.2 Å². The predicted molar refractivity (Wildman–Crippen MR) is 79.9 cm³/mol. The molecular weight excluding hydrogens is 290 g/mol. The number of hydrogen-bond acceptors (Lipinski definition) is 4. The fourth-order valence-electron chi connectivity index (χ4n) is 2.42. The van der Waals surface area contributed by atoms with Crippen molar-refractivity contribution in [1.29, 1.82) is 0 Å². The standard InChI is InChI=1S/C14H21N3O3S/c15-21(19,20)13-3-1-2-12(8-13)10-17-14(18)5-4-11-6-7-16-9-11/h1-3,8,11,16H,4-7,9-10H2,(H,17,18)(H2,15,19,20). The molecule has 0 bridgehead atoms. The van der Waals surface area contributed by atoms with E-state index in [4.69, 9.17) is 5.14 Å². The first kappa shape index (κ1) is 15.9. The van der Waals surface area contributed by atoms with Crippen LogP contribution in [-0.4, -0.2) is 27.4 Å². The first-order valence-electron chi connectivity index (χ1n) is 7.04. The van der Waals surface area contributed by atoms with Crippen molar-refractivity contribution >= 4 is 15.9 Å². The van der Waals surface area contributed by atoms with Crippen molar-refractivity contribution in [2.24, 2.45) is 11.1 Å². The van der Waals surface area contributed by atoms with Gasteiger partial charge in [-0.25, -0.2) is 13.6 Å². The molecule has 0 aromatic heterocycles. The van der Waals surface area contributed by atoms with E-state index in [-0.39, 0.29) is 10.8 Å². The Labute approximate surface area is 125 Å². The second kappa shape index (κ2) is 7.02. The molecule has 1 fully saturated rings. The highest BCUT2D eigenvalue weighted by Crippen LogP contribution is 2.14. The van der Waals surface area contributed by atoms with Gasteiger partial charge in [-0.15, -0.1) is 0 Å². The van der Waals surface area contributed by atoms with Gasteiger partial charge in [-0.05, 0) is 49.5 Å². The number of amides is 1. The van der Waals surface area contributed by atoms with Crippen molar-refractivity contribution in [2.75, 3.05) is 13.1 Å². The topological polar surface area (TPSA) is 101 Å². The Morgan fingerprint density at radius 2 is 2.24 bits per heavy atom. The number of rotatable bonds is 6. The summed E-state index contributed by atoms with van der Waals surface area (Å²) in [4.78, 5) is 11.8. The minimum absolute atomic E-state index is 0.0112. The van der Waals surface area contributed by atoms with Gasteiger partial charge in [-0.3, -0.25) is 4.79 Å². The molecule has 1 atom stereocenters. The molecule has 6 nitrogen and oxygen atoms in total. The summed E-state index contributed by atoms with van der Waals surface area (Å²) in [5, 5.41) is 11.2. The van der Waals surface area contributed by atoms with E-state index >= 15 is 0 Å². The molecule has 0 spiro atoms. The highest BCUT2D eigenvalue weighted by Gasteiger charge is 2.15. The number of nitrogens with two attached hydrogens (primary N) is 1. The minimum atomic E-state index is -3.70. The van der Waals surface area contributed by atoms with Crippen LogP contribution in [-0.2, 0) is 21.4 Å². The summed E-state index contributed by atoms with van der Waals surface area (Å²) in [6, 6.07) is 6.30. The van der Waals surface area contributed by atoms with Crippen LogP contribution >= 0.6 is 0 Å². The number of primary sulfonamides is 1. The average Bonchev–Trinajstić information content (AvgIpc) is 2.95. The van der Waals surface area contributed by atoms with E-state index in [1.807, 2.05) is 0 Å². The maximum Gasteiger partial charge on any atom is 0.238 e. The molecule has 1 unspecified atom stereocenters. The lowest BCUT2D eigenvalue weighted by atomic mass is 10.0. The molecule has 7 heteroatoms. The molecule has 1 aromatic rings. The van der Waals surface area contributed by atoms with Gasteiger partial charge in [0.2, 0.25) is 15.9 Å². The molecule has 4 N–H and O–H groups in total. The number of sulfonamides is 1. The molecule has 1 aliphatic heterocycles. The van der Waals surface area contributed by atoms with Crippen molar-refractivity contribution in [1.82, 2.24) is 10.6 Å². The van der Waals surface area contributed by atoms with E-state index in [9.17, 15) is 13.2 Å². The highest BCUT2D eigenvalue weighted by molar-refractivity contribution is 7.89. The Balaban J connectivity index is 1.80. The smallest absolute Gasteiger partial charge is 0.238 e. The summed E-state index contributed by atoms with van der Waals surface area (Å²) in [5.74, 6) is 0.573. The van der Waals surface area contributed by atoms with E-state index in [0.29, 0.717) is 18.9 Å². The molecule has 1 aromatic carbocycles. The monoisotopic (exact) mass is 311 g/mol. The van der Waals surface area contributed by atoms with Crippen molar-refractivity contribution in [3.05, 3.63) is 29.8 Å². The van der Waals surface area contributed by atoms with Crippen LogP contribution in [0.25, 0.3) is 0 Å². The lowest BCUT2D eigenvalue weighted by Crippen LogP contribution is -2.23. The Morgan fingerprint density at radius 3 is 2.90 bits per heavy atom. The average molecular weight is 311 g/mol. The molecule has 116 valence electrons. The van der Waals surface area contributed by atoms with Crippen LogP contribution in [0.4, 0.5) is 0 Å². The Kier molecular flexibility index (Phi) is 5.33. The number of carbonyl (C=O) groups excluding carboxylic acids is 1. The van der Waals surface area contributed by atoms with Gasteiger partial charge in [-0.1, -0.05) is 12.1 Å². The molecule has 21 heavy (non-hydrogen) atoms. The van der Waals surface area contributed by atoms with Crippen molar-refractivity contribution in [2.45, 2.75) is 30.7 Å². The normalized spacial score (nSPS) is 18.6. The van der Waals surface area contributed by atoms with Crippen molar-refractivity contribution in [3.8, 4) is 0 Å². The highest BCUT2D eigenvalue weighted by atomic mass is 32.2. The molecular formula is C14H21N3O3S. The second-order valence-corrected chi connectivity index (χ2v) is 6.93. The van der Waals surface area contributed by atoms with Gasteiger partial charge >= 0.3 is 0 Å². The summed E-state index contributed by atoms with van der Waals surface area (Å²) < 4.78 is 22.5. The maximum absolute atomic E-state index is 11.8. The molecule has 1 saturated heterocycles. The lowest BCUT2D eigenvalue weighted by Gasteiger charge is -2.09. The second-order valence-electron chi connectivity index (χ2n) is 5.37. The van der Waals surface area contributed by atoms with Gasteiger partial charge in [0, 0.05) is 13.0 Å². The Hall–Kier alpha value is -1.44. The number of benzene rings is 1. The van der Waals surface area contributed by atoms with Crippen LogP contribution < -0.4 is 15.8 Å². The summed E-state index contributed by atoms with van der Waals surface area (Å²) in [5.41, 5.74) is 0.720. The zero-order valence-corrected chi connectivity index (χ0v) is 12.7. The first-order valence-corrected chi connectivity index (χ1v) is 8.59. The van der Waals surface area contributed by atoms with Crippen LogP contribution in [0.2, 0.25) is 0 Å².